The van der Waals surface area contributed by atoms with E-state index in [1.165, 1.54) is 0 Å². The van der Waals surface area contributed by atoms with Crippen LogP contribution in [0.3, 0.4) is 0 Å². The molecule has 2 atom stereocenters. The number of nitrogens with two attached hydrogens (primary N) is 1. The molecule has 0 aromatic rings. The summed E-state index contributed by atoms with van der Waals surface area (Å²) in [5.41, 5.74) is 5.55. The molecule has 16 heavy (non-hydrogen) atoms. The third-order valence-corrected chi connectivity index (χ3v) is 3.53. The Morgan fingerprint density at radius 1 is 1.50 bits per heavy atom. The van der Waals surface area contributed by atoms with Gasteiger partial charge in [0.25, 0.3) is 0 Å². The first-order valence-corrected chi connectivity index (χ1v) is 6.26. The molecule has 94 valence electrons. The van der Waals surface area contributed by atoms with Gasteiger partial charge in [-0.2, -0.15) is 0 Å². The smallest absolute Gasteiger partial charge is 0.222 e. The molecule has 1 aliphatic heterocycles. The van der Waals surface area contributed by atoms with Crippen LogP contribution in [0.1, 0.15) is 26.7 Å². The van der Waals surface area contributed by atoms with Gasteiger partial charge in [0.05, 0.1) is 0 Å². The van der Waals surface area contributed by atoms with Gasteiger partial charge >= 0.3 is 0 Å². The molecule has 0 bridgehead atoms. The second-order valence-electron chi connectivity index (χ2n) is 4.93. The predicted molar refractivity (Wildman–Crippen MR) is 66.1 cm³/mol. The van der Waals surface area contributed by atoms with Crippen LogP contribution in [0.2, 0.25) is 0 Å². The largest absolute Gasteiger partial charge is 0.340 e. The van der Waals surface area contributed by atoms with Gasteiger partial charge in [0.1, 0.15) is 0 Å². The zero-order valence-electron chi connectivity index (χ0n) is 10.8. The van der Waals surface area contributed by atoms with Gasteiger partial charge in [-0.3, -0.25) is 9.69 Å². The number of likely N-dealkylation sites (N-methyl/N-ethyl adjacent to an activating group) is 1. The predicted octanol–water partition coefficient (Wildman–Crippen LogP) is 0.524. The molecule has 0 aromatic heterocycles. The summed E-state index contributed by atoms with van der Waals surface area (Å²) < 4.78 is 0. The van der Waals surface area contributed by atoms with Crippen molar-refractivity contribution in [2.75, 3.05) is 33.2 Å². The van der Waals surface area contributed by atoms with Gasteiger partial charge in [0.2, 0.25) is 5.91 Å². The van der Waals surface area contributed by atoms with E-state index in [9.17, 15) is 4.79 Å². The minimum atomic E-state index is 0.268. The molecule has 2 N–H and O–H groups in total. The SMILES string of the molecule is CCC1CN(C(=O)CC(C)CN)CCN1C. The van der Waals surface area contributed by atoms with Crippen molar-refractivity contribution in [2.45, 2.75) is 32.7 Å². The maximum absolute atomic E-state index is 12.0. The molecule has 4 nitrogen and oxygen atoms in total. The van der Waals surface area contributed by atoms with E-state index >= 15 is 0 Å². The quantitative estimate of drug-likeness (QED) is 0.762. The maximum Gasteiger partial charge on any atom is 0.222 e. The normalized spacial score (nSPS) is 24.5. The van der Waals surface area contributed by atoms with Gasteiger partial charge in [-0.05, 0) is 25.9 Å². The fourth-order valence-electron chi connectivity index (χ4n) is 2.12. The Balaban J connectivity index is 2.45. The minimum Gasteiger partial charge on any atom is -0.340 e. The highest BCUT2D eigenvalue weighted by molar-refractivity contribution is 5.76. The monoisotopic (exact) mass is 227 g/mol. The summed E-state index contributed by atoms with van der Waals surface area (Å²) in [7, 11) is 2.14. The Labute approximate surface area is 98.8 Å². The van der Waals surface area contributed by atoms with Gasteiger partial charge in [-0.25, -0.2) is 0 Å². The second-order valence-corrected chi connectivity index (χ2v) is 4.93. The van der Waals surface area contributed by atoms with Crippen molar-refractivity contribution in [1.29, 1.82) is 0 Å². The summed E-state index contributed by atoms with van der Waals surface area (Å²) in [6.07, 6.45) is 1.70. The number of carbonyl (C=O) groups is 1. The maximum atomic E-state index is 12.0. The highest BCUT2D eigenvalue weighted by atomic mass is 16.2. The van der Waals surface area contributed by atoms with E-state index in [-0.39, 0.29) is 5.91 Å². The molecule has 0 aromatic carbocycles. The zero-order valence-corrected chi connectivity index (χ0v) is 10.8. The molecule has 0 saturated carbocycles. The van der Waals surface area contributed by atoms with Crippen molar-refractivity contribution >= 4 is 5.91 Å². The number of piperazine rings is 1. The minimum absolute atomic E-state index is 0.268. The Kier molecular flexibility index (Phi) is 5.22. The van der Waals surface area contributed by atoms with Crippen molar-refractivity contribution < 1.29 is 4.79 Å². The van der Waals surface area contributed by atoms with Crippen LogP contribution in [0.5, 0.6) is 0 Å². The van der Waals surface area contributed by atoms with E-state index < -0.39 is 0 Å². The summed E-state index contributed by atoms with van der Waals surface area (Å²) in [4.78, 5) is 16.3. The number of hydrogen-bond donors (Lipinski definition) is 1. The molecule has 0 aliphatic carbocycles. The standard InChI is InChI=1S/C12H25N3O/c1-4-11-9-15(6-5-14(11)3)12(16)7-10(2)8-13/h10-11H,4-9,13H2,1-3H3. The highest BCUT2D eigenvalue weighted by Crippen LogP contribution is 2.13. The fraction of sp³-hybridized carbons (Fsp3) is 0.917. The van der Waals surface area contributed by atoms with E-state index in [2.05, 4.69) is 18.9 Å². The first-order valence-electron chi connectivity index (χ1n) is 6.26. The Hall–Kier alpha value is -0.610. The van der Waals surface area contributed by atoms with E-state index in [0.29, 0.717) is 24.9 Å². The molecule has 1 aliphatic rings. The van der Waals surface area contributed by atoms with E-state index in [4.69, 9.17) is 5.73 Å². The number of amides is 1. The summed E-state index contributed by atoms with van der Waals surface area (Å²) in [5, 5.41) is 0. The molecule has 4 heteroatoms. The van der Waals surface area contributed by atoms with Crippen LogP contribution in [0, 0.1) is 5.92 Å². The first-order chi connectivity index (χ1) is 7.58. The first kappa shape index (κ1) is 13.5. The van der Waals surface area contributed by atoms with Gasteiger partial charge < -0.3 is 10.6 Å². The van der Waals surface area contributed by atoms with Gasteiger partial charge in [0, 0.05) is 32.1 Å². The van der Waals surface area contributed by atoms with Crippen LogP contribution >= 0.6 is 0 Å². The Morgan fingerprint density at radius 2 is 2.19 bits per heavy atom. The average Bonchev–Trinajstić information content (AvgIpc) is 2.29. The van der Waals surface area contributed by atoms with Crippen molar-refractivity contribution in [3.05, 3.63) is 0 Å². The number of rotatable bonds is 4. The highest BCUT2D eigenvalue weighted by Gasteiger charge is 2.26. The van der Waals surface area contributed by atoms with E-state index in [1.807, 2.05) is 11.8 Å². The van der Waals surface area contributed by atoms with Crippen molar-refractivity contribution in [3.8, 4) is 0 Å². The van der Waals surface area contributed by atoms with Gasteiger partial charge in [0.15, 0.2) is 0 Å². The number of nitrogens with zero attached hydrogens (tertiary/aromatic N) is 2. The topological polar surface area (TPSA) is 49.6 Å². The van der Waals surface area contributed by atoms with Crippen LogP contribution in [0.15, 0.2) is 0 Å². The zero-order chi connectivity index (χ0) is 12.1. The lowest BCUT2D eigenvalue weighted by atomic mass is 10.1. The molecule has 0 spiro atoms. The van der Waals surface area contributed by atoms with E-state index in [1.54, 1.807) is 0 Å². The van der Waals surface area contributed by atoms with E-state index in [0.717, 1.165) is 26.1 Å². The van der Waals surface area contributed by atoms with Crippen molar-refractivity contribution in [2.24, 2.45) is 11.7 Å². The molecular formula is C12H25N3O. The lowest BCUT2D eigenvalue weighted by Gasteiger charge is -2.39. The Bertz CT molecular complexity index is 232. The van der Waals surface area contributed by atoms with Gasteiger partial charge in [-0.1, -0.05) is 13.8 Å². The van der Waals surface area contributed by atoms with Crippen LogP contribution in [0.25, 0.3) is 0 Å². The molecular weight excluding hydrogens is 202 g/mol. The van der Waals surface area contributed by atoms with Crippen molar-refractivity contribution in [1.82, 2.24) is 9.80 Å². The number of carbonyl (C=O) groups excluding carboxylic acids is 1. The molecule has 1 fully saturated rings. The van der Waals surface area contributed by atoms with Crippen LogP contribution in [0.4, 0.5) is 0 Å². The number of hydrogen-bond acceptors (Lipinski definition) is 3. The lowest BCUT2D eigenvalue weighted by molar-refractivity contribution is -0.134. The van der Waals surface area contributed by atoms with Crippen molar-refractivity contribution in [3.63, 3.8) is 0 Å². The van der Waals surface area contributed by atoms with Crippen LogP contribution < -0.4 is 5.73 Å². The fourth-order valence-corrected chi connectivity index (χ4v) is 2.12. The average molecular weight is 227 g/mol. The van der Waals surface area contributed by atoms with Crippen LogP contribution in [-0.2, 0) is 4.79 Å². The molecule has 1 saturated heterocycles. The van der Waals surface area contributed by atoms with Crippen LogP contribution in [-0.4, -0.2) is 55.0 Å². The second kappa shape index (κ2) is 6.21. The molecule has 2 unspecified atom stereocenters. The molecule has 0 radical (unpaired) electrons. The summed E-state index contributed by atoms with van der Waals surface area (Å²) in [6, 6.07) is 0.519. The lowest BCUT2D eigenvalue weighted by Crippen LogP contribution is -2.53. The summed E-state index contributed by atoms with van der Waals surface area (Å²) in [6.45, 7) is 7.53. The third-order valence-electron chi connectivity index (χ3n) is 3.53. The third kappa shape index (κ3) is 3.46. The Morgan fingerprint density at radius 3 is 2.75 bits per heavy atom. The molecule has 1 heterocycles. The van der Waals surface area contributed by atoms with Gasteiger partial charge in [-0.15, -0.1) is 0 Å². The molecule has 1 rings (SSSR count). The summed E-state index contributed by atoms with van der Waals surface area (Å²) >= 11 is 0. The molecule has 1 amide bonds. The summed E-state index contributed by atoms with van der Waals surface area (Å²) in [5.74, 6) is 0.566.